The average molecular weight is 241 g/mol. The number of nitrogens with zero attached hydrogens (tertiary/aromatic N) is 1. The van der Waals surface area contributed by atoms with Crippen LogP contribution in [0.4, 0.5) is 4.39 Å². The van der Waals surface area contributed by atoms with Crippen LogP contribution in [0.5, 0.6) is 0 Å². The molecule has 4 heteroatoms. The maximum absolute atomic E-state index is 13.4. The molecule has 1 aromatic carbocycles. The van der Waals surface area contributed by atoms with Crippen molar-refractivity contribution in [2.24, 2.45) is 4.40 Å². The van der Waals surface area contributed by atoms with Gasteiger partial charge in [-0.1, -0.05) is 18.2 Å². The van der Waals surface area contributed by atoms with Crippen LogP contribution in [-0.2, 0) is 11.0 Å². The summed E-state index contributed by atoms with van der Waals surface area (Å²) in [5.41, 5.74) is 0.867. The Morgan fingerprint density at radius 2 is 1.88 bits per heavy atom. The Hall–Kier alpha value is -1.03. The van der Waals surface area contributed by atoms with E-state index < -0.39 is 15.7 Å². The molecule has 0 fully saturated rings. The first-order valence-corrected chi connectivity index (χ1v) is 6.15. The first-order valence-electron chi connectivity index (χ1n) is 5.04. The van der Waals surface area contributed by atoms with E-state index in [0.29, 0.717) is 11.3 Å². The van der Waals surface area contributed by atoms with Gasteiger partial charge in [-0.05, 0) is 33.8 Å². The molecule has 0 saturated heterocycles. The number of hydrogen-bond donors (Lipinski definition) is 0. The lowest BCUT2D eigenvalue weighted by atomic mass is 10.1. The van der Waals surface area contributed by atoms with Gasteiger partial charge in [-0.25, -0.2) is 8.60 Å². The fourth-order valence-corrected chi connectivity index (χ4v) is 1.69. The molecule has 0 saturated carbocycles. The van der Waals surface area contributed by atoms with E-state index in [2.05, 4.69) is 4.40 Å². The predicted octanol–water partition coefficient (Wildman–Crippen LogP) is 3.10. The van der Waals surface area contributed by atoms with E-state index in [0.717, 1.165) is 0 Å². The largest absolute Gasteiger partial charge is 0.234 e. The lowest BCUT2D eigenvalue weighted by molar-refractivity contribution is 0.625. The highest BCUT2D eigenvalue weighted by molar-refractivity contribution is 7.85. The van der Waals surface area contributed by atoms with Crippen molar-refractivity contribution in [3.8, 4) is 0 Å². The summed E-state index contributed by atoms with van der Waals surface area (Å²) in [6.07, 6.45) is 0. The third-order valence-corrected chi connectivity index (χ3v) is 3.49. The molecule has 1 atom stereocenters. The molecule has 1 rings (SSSR count). The third-order valence-electron chi connectivity index (χ3n) is 2.01. The second-order valence-corrected chi connectivity index (χ2v) is 6.42. The summed E-state index contributed by atoms with van der Waals surface area (Å²) >= 11 is 0. The number of hydrogen-bond acceptors (Lipinski definition) is 1. The summed E-state index contributed by atoms with van der Waals surface area (Å²) in [4.78, 5) is 0. The van der Waals surface area contributed by atoms with Crippen molar-refractivity contribution in [3.63, 3.8) is 0 Å². The molecule has 0 aliphatic heterocycles. The molecule has 0 radical (unpaired) electrons. The Labute approximate surface area is 98.2 Å². The second kappa shape index (κ2) is 4.87. The summed E-state index contributed by atoms with van der Waals surface area (Å²) in [7, 11) is -1.35. The van der Waals surface area contributed by atoms with Crippen LogP contribution in [0.2, 0.25) is 0 Å². The van der Waals surface area contributed by atoms with Gasteiger partial charge in [0.2, 0.25) is 0 Å². The molecule has 0 amide bonds. The monoisotopic (exact) mass is 241 g/mol. The van der Waals surface area contributed by atoms with Crippen molar-refractivity contribution in [2.75, 3.05) is 0 Å². The number of benzene rings is 1. The summed E-state index contributed by atoms with van der Waals surface area (Å²) in [6, 6.07) is 6.35. The molecular weight excluding hydrogens is 225 g/mol. The van der Waals surface area contributed by atoms with E-state index >= 15 is 0 Å². The molecule has 16 heavy (non-hydrogen) atoms. The Morgan fingerprint density at radius 1 is 1.31 bits per heavy atom. The van der Waals surface area contributed by atoms with Crippen LogP contribution in [0.25, 0.3) is 0 Å². The van der Waals surface area contributed by atoms with Crippen molar-refractivity contribution in [1.29, 1.82) is 0 Å². The van der Waals surface area contributed by atoms with Gasteiger partial charge >= 0.3 is 0 Å². The maximum Gasteiger partial charge on any atom is 0.145 e. The Morgan fingerprint density at radius 3 is 2.38 bits per heavy atom. The normalized spacial score (nSPS) is 14.9. The molecule has 0 heterocycles. The quantitative estimate of drug-likeness (QED) is 0.732. The van der Waals surface area contributed by atoms with Gasteiger partial charge in [-0.2, -0.15) is 4.40 Å². The molecule has 0 aliphatic rings. The highest BCUT2D eigenvalue weighted by atomic mass is 32.2. The maximum atomic E-state index is 13.4. The number of rotatable bonds is 2. The molecule has 0 unspecified atom stereocenters. The summed E-state index contributed by atoms with van der Waals surface area (Å²) in [5.74, 6) is -0.338. The van der Waals surface area contributed by atoms with Gasteiger partial charge < -0.3 is 0 Å². The van der Waals surface area contributed by atoms with Gasteiger partial charge in [0, 0.05) is 5.56 Å². The minimum absolute atomic E-state index is 0.338. The molecule has 0 bridgehead atoms. The van der Waals surface area contributed by atoms with Gasteiger partial charge in [0.05, 0.1) is 10.5 Å². The smallest absolute Gasteiger partial charge is 0.145 e. The second-order valence-electron chi connectivity index (χ2n) is 4.52. The topological polar surface area (TPSA) is 29.4 Å². The number of halogens is 1. The van der Waals surface area contributed by atoms with E-state index in [9.17, 15) is 8.60 Å². The fourth-order valence-electron chi connectivity index (χ4n) is 1.07. The van der Waals surface area contributed by atoms with Crippen molar-refractivity contribution < 1.29 is 8.60 Å². The molecule has 2 nitrogen and oxygen atoms in total. The zero-order valence-corrected chi connectivity index (χ0v) is 10.8. The highest BCUT2D eigenvalue weighted by Crippen LogP contribution is 2.15. The predicted molar refractivity (Wildman–Crippen MR) is 66.5 cm³/mol. The van der Waals surface area contributed by atoms with Gasteiger partial charge in [0.1, 0.15) is 16.8 Å². The van der Waals surface area contributed by atoms with Crippen molar-refractivity contribution in [2.45, 2.75) is 32.4 Å². The Balaban J connectivity index is 3.04. The Kier molecular flexibility index (Phi) is 3.97. The van der Waals surface area contributed by atoms with E-state index in [4.69, 9.17) is 0 Å². The van der Waals surface area contributed by atoms with E-state index in [1.165, 1.54) is 6.07 Å². The van der Waals surface area contributed by atoms with E-state index in [1.807, 2.05) is 20.8 Å². The molecule has 88 valence electrons. The minimum atomic E-state index is -1.35. The molecule has 0 spiro atoms. The van der Waals surface area contributed by atoms with Gasteiger partial charge in [0.25, 0.3) is 0 Å². The standard InChI is InChI=1S/C12H16FNOS/c1-9(14-16(15)12(2,3)4)10-7-5-6-8-11(10)13/h5-8H,1-4H3/b14-9+/t16-/m0/s1. The summed E-state index contributed by atoms with van der Waals surface area (Å²) < 4.78 is 28.8. The summed E-state index contributed by atoms with van der Waals surface area (Å²) in [5, 5.41) is 0. The highest BCUT2D eigenvalue weighted by Gasteiger charge is 2.19. The lowest BCUT2D eigenvalue weighted by Crippen LogP contribution is -2.20. The lowest BCUT2D eigenvalue weighted by Gasteiger charge is -2.14. The fraction of sp³-hybridized carbons (Fsp3) is 0.417. The van der Waals surface area contributed by atoms with Crippen LogP contribution in [0, 0.1) is 5.82 Å². The van der Waals surface area contributed by atoms with Crippen LogP contribution >= 0.6 is 0 Å². The SMILES string of the molecule is C/C(=N\[S@@](=O)C(C)(C)C)c1ccccc1F. The molecular formula is C12H16FNOS. The minimum Gasteiger partial charge on any atom is -0.234 e. The summed E-state index contributed by atoms with van der Waals surface area (Å²) in [6.45, 7) is 7.17. The van der Waals surface area contributed by atoms with Crippen LogP contribution in [-0.4, -0.2) is 14.7 Å². The van der Waals surface area contributed by atoms with E-state index in [1.54, 1.807) is 25.1 Å². The van der Waals surface area contributed by atoms with Gasteiger partial charge in [-0.3, -0.25) is 0 Å². The Bertz CT molecular complexity index is 435. The van der Waals surface area contributed by atoms with Gasteiger partial charge in [-0.15, -0.1) is 0 Å². The third kappa shape index (κ3) is 3.23. The van der Waals surface area contributed by atoms with Crippen LogP contribution in [0.3, 0.4) is 0 Å². The first kappa shape index (κ1) is 13.0. The molecule has 0 N–H and O–H groups in total. The van der Waals surface area contributed by atoms with E-state index in [-0.39, 0.29) is 5.82 Å². The molecule has 1 aromatic rings. The first-order chi connectivity index (χ1) is 7.32. The van der Waals surface area contributed by atoms with Crippen LogP contribution < -0.4 is 0 Å². The molecule has 0 aliphatic carbocycles. The van der Waals surface area contributed by atoms with Crippen LogP contribution in [0.1, 0.15) is 33.3 Å². The zero-order valence-electron chi connectivity index (χ0n) is 9.95. The van der Waals surface area contributed by atoms with Crippen molar-refractivity contribution >= 4 is 16.7 Å². The van der Waals surface area contributed by atoms with Crippen molar-refractivity contribution in [1.82, 2.24) is 0 Å². The van der Waals surface area contributed by atoms with Crippen LogP contribution in [0.15, 0.2) is 28.7 Å². The zero-order chi connectivity index (χ0) is 12.3. The average Bonchev–Trinajstić information content (AvgIpc) is 2.16. The molecule has 0 aromatic heterocycles. The van der Waals surface area contributed by atoms with Crippen molar-refractivity contribution in [3.05, 3.63) is 35.6 Å². The van der Waals surface area contributed by atoms with Gasteiger partial charge in [0.15, 0.2) is 0 Å².